The van der Waals surface area contributed by atoms with Gasteiger partial charge in [0.1, 0.15) is 5.01 Å². The SMILES string of the molecule is CCC1CCN(Cc2csc(CNCC(C)C)n2)C1. The predicted octanol–water partition coefficient (Wildman–Crippen LogP) is 3.12. The molecule has 1 aromatic rings. The molecule has 1 atom stereocenters. The molecule has 1 aliphatic heterocycles. The van der Waals surface area contributed by atoms with Crippen LogP contribution in [0.4, 0.5) is 0 Å². The van der Waals surface area contributed by atoms with Crippen molar-refractivity contribution in [2.24, 2.45) is 11.8 Å². The molecule has 19 heavy (non-hydrogen) atoms. The monoisotopic (exact) mass is 281 g/mol. The van der Waals surface area contributed by atoms with E-state index in [0.29, 0.717) is 5.92 Å². The Hall–Kier alpha value is -0.450. The second-order valence-corrected chi connectivity index (χ2v) is 7.00. The van der Waals surface area contributed by atoms with Crippen molar-refractivity contribution in [3.8, 4) is 0 Å². The molecule has 1 N–H and O–H groups in total. The van der Waals surface area contributed by atoms with E-state index in [9.17, 15) is 0 Å². The molecular formula is C15H27N3S. The van der Waals surface area contributed by atoms with E-state index >= 15 is 0 Å². The lowest BCUT2D eigenvalue weighted by Crippen LogP contribution is -2.21. The van der Waals surface area contributed by atoms with Crippen molar-refractivity contribution in [3.05, 3.63) is 16.1 Å². The summed E-state index contributed by atoms with van der Waals surface area (Å²) in [6.45, 7) is 12.3. The van der Waals surface area contributed by atoms with Crippen molar-refractivity contribution < 1.29 is 0 Å². The van der Waals surface area contributed by atoms with E-state index in [2.05, 4.69) is 36.4 Å². The summed E-state index contributed by atoms with van der Waals surface area (Å²) in [4.78, 5) is 7.29. The van der Waals surface area contributed by atoms with Crippen LogP contribution in [0.3, 0.4) is 0 Å². The van der Waals surface area contributed by atoms with Gasteiger partial charge in [-0.15, -0.1) is 11.3 Å². The van der Waals surface area contributed by atoms with Crippen molar-refractivity contribution in [1.82, 2.24) is 15.2 Å². The third-order valence-corrected chi connectivity index (χ3v) is 4.66. The highest BCUT2D eigenvalue weighted by atomic mass is 32.1. The number of nitrogens with one attached hydrogen (secondary N) is 1. The molecule has 0 saturated carbocycles. The van der Waals surface area contributed by atoms with Crippen LogP contribution in [0.2, 0.25) is 0 Å². The molecule has 0 amide bonds. The summed E-state index contributed by atoms with van der Waals surface area (Å²) in [5.41, 5.74) is 1.25. The first-order chi connectivity index (χ1) is 9.17. The quantitative estimate of drug-likeness (QED) is 0.832. The van der Waals surface area contributed by atoms with E-state index in [4.69, 9.17) is 4.98 Å². The maximum atomic E-state index is 4.74. The summed E-state index contributed by atoms with van der Waals surface area (Å²) in [5, 5.41) is 6.91. The van der Waals surface area contributed by atoms with Crippen LogP contribution in [0, 0.1) is 11.8 Å². The minimum absolute atomic E-state index is 0.704. The highest BCUT2D eigenvalue weighted by Gasteiger charge is 2.21. The number of rotatable bonds is 7. The fourth-order valence-corrected chi connectivity index (χ4v) is 3.34. The minimum atomic E-state index is 0.704. The number of aromatic nitrogens is 1. The third-order valence-electron chi connectivity index (χ3n) is 3.76. The summed E-state index contributed by atoms with van der Waals surface area (Å²) in [6, 6.07) is 0. The number of hydrogen-bond acceptors (Lipinski definition) is 4. The Kier molecular flexibility index (Phi) is 5.79. The number of thiazole rings is 1. The molecule has 0 bridgehead atoms. The Labute approximate surface area is 121 Å². The second-order valence-electron chi connectivity index (χ2n) is 6.06. The van der Waals surface area contributed by atoms with Crippen molar-refractivity contribution in [2.45, 2.75) is 46.7 Å². The largest absolute Gasteiger partial charge is 0.310 e. The second kappa shape index (κ2) is 7.36. The molecular weight excluding hydrogens is 254 g/mol. The molecule has 0 radical (unpaired) electrons. The van der Waals surface area contributed by atoms with Crippen molar-refractivity contribution in [1.29, 1.82) is 0 Å². The minimum Gasteiger partial charge on any atom is -0.310 e. The molecule has 0 aliphatic carbocycles. The number of nitrogens with zero attached hydrogens (tertiary/aromatic N) is 2. The van der Waals surface area contributed by atoms with Gasteiger partial charge in [0.15, 0.2) is 0 Å². The lowest BCUT2D eigenvalue weighted by Gasteiger charge is -2.13. The maximum Gasteiger partial charge on any atom is 0.107 e. The maximum absolute atomic E-state index is 4.74. The van der Waals surface area contributed by atoms with E-state index < -0.39 is 0 Å². The van der Waals surface area contributed by atoms with E-state index in [1.807, 2.05) is 0 Å². The van der Waals surface area contributed by atoms with E-state index in [1.165, 1.54) is 36.6 Å². The van der Waals surface area contributed by atoms with E-state index in [0.717, 1.165) is 25.6 Å². The van der Waals surface area contributed by atoms with Gasteiger partial charge in [0.25, 0.3) is 0 Å². The Morgan fingerprint density at radius 1 is 1.53 bits per heavy atom. The zero-order valence-electron chi connectivity index (χ0n) is 12.5. The molecule has 2 rings (SSSR count). The Bertz CT molecular complexity index is 375. The molecule has 3 nitrogen and oxygen atoms in total. The highest BCUT2D eigenvalue weighted by molar-refractivity contribution is 7.09. The zero-order chi connectivity index (χ0) is 13.7. The van der Waals surface area contributed by atoms with Gasteiger partial charge in [0.05, 0.1) is 5.69 Å². The summed E-state index contributed by atoms with van der Waals surface area (Å²) < 4.78 is 0. The first kappa shape index (κ1) is 14.9. The van der Waals surface area contributed by atoms with Gasteiger partial charge in [-0.05, 0) is 31.3 Å². The Balaban J connectivity index is 1.74. The lowest BCUT2D eigenvalue weighted by atomic mass is 10.1. The normalized spacial score (nSPS) is 20.5. The average molecular weight is 281 g/mol. The predicted molar refractivity (Wildman–Crippen MR) is 82.3 cm³/mol. The van der Waals surface area contributed by atoms with Crippen LogP contribution < -0.4 is 5.32 Å². The molecule has 1 aromatic heterocycles. The van der Waals surface area contributed by atoms with Crippen LogP contribution >= 0.6 is 11.3 Å². The molecule has 1 aliphatic rings. The van der Waals surface area contributed by atoms with Gasteiger partial charge in [0, 0.05) is 25.0 Å². The lowest BCUT2D eigenvalue weighted by molar-refractivity contribution is 0.312. The summed E-state index contributed by atoms with van der Waals surface area (Å²) in [6.07, 6.45) is 2.68. The van der Waals surface area contributed by atoms with Crippen LogP contribution in [-0.4, -0.2) is 29.5 Å². The van der Waals surface area contributed by atoms with Crippen molar-refractivity contribution >= 4 is 11.3 Å². The number of likely N-dealkylation sites (tertiary alicyclic amines) is 1. The summed E-state index contributed by atoms with van der Waals surface area (Å²) in [5.74, 6) is 1.61. The zero-order valence-corrected chi connectivity index (χ0v) is 13.3. The first-order valence-corrected chi connectivity index (χ1v) is 8.41. The first-order valence-electron chi connectivity index (χ1n) is 7.53. The standard InChI is InChI=1S/C15H27N3S/c1-4-13-5-6-18(9-13)10-14-11-19-15(17-14)8-16-7-12(2)3/h11-13,16H,4-10H2,1-3H3. The molecule has 0 spiro atoms. The molecule has 4 heteroatoms. The van der Waals surface area contributed by atoms with Gasteiger partial charge in [0.2, 0.25) is 0 Å². The van der Waals surface area contributed by atoms with Crippen LogP contribution in [-0.2, 0) is 13.1 Å². The van der Waals surface area contributed by atoms with Crippen LogP contribution in [0.25, 0.3) is 0 Å². The van der Waals surface area contributed by atoms with Gasteiger partial charge in [-0.25, -0.2) is 4.98 Å². The Morgan fingerprint density at radius 2 is 2.37 bits per heavy atom. The highest BCUT2D eigenvalue weighted by Crippen LogP contribution is 2.21. The van der Waals surface area contributed by atoms with Crippen molar-refractivity contribution in [2.75, 3.05) is 19.6 Å². The molecule has 1 unspecified atom stereocenters. The van der Waals surface area contributed by atoms with Gasteiger partial charge in [-0.3, -0.25) is 4.90 Å². The summed E-state index contributed by atoms with van der Waals surface area (Å²) >= 11 is 1.79. The van der Waals surface area contributed by atoms with Gasteiger partial charge in [-0.1, -0.05) is 27.2 Å². The molecule has 108 valence electrons. The van der Waals surface area contributed by atoms with Crippen LogP contribution in [0.1, 0.15) is 44.3 Å². The molecule has 1 saturated heterocycles. The van der Waals surface area contributed by atoms with Gasteiger partial charge < -0.3 is 5.32 Å². The fourth-order valence-electron chi connectivity index (χ4n) is 2.59. The smallest absolute Gasteiger partial charge is 0.107 e. The Morgan fingerprint density at radius 3 is 3.05 bits per heavy atom. The van der Waals surface area contributed by atoms with Crippen molar-refractivity contribution in [3.63, 3.8) is 0 Å². The van der Waals surface area contributed by atoms with Crippen LogP contribution in [0.15, 0.2) is 5.38 Å². The molecule has 0 aromatic carbocycles. The topological polar surface area (TPSA) is 28.2 Å². The van der Waals surface area contributed by atoms with E-state index in [-0.39, 0.29) is 0 Å². The third kappa shape index (κ3) is 4.86. The number of hydrogen-bond donors (Lipinski definition) is 1. The summed E-state index contributed by atoms with van der Waals surface area (Å²) in [7, 11) is 0. The van der Waals surface area contributed by atoms with E-state index in [1.54, 1.807) is 11.3 Å². The van der Waals surface area contributed by atoms with Gasteiger partial charge >= 0.3 is 0 Å². The average Bonchev–Trinajstić information content (AvgIpc) is 2.99. The molecule has 2 heterocycles. The van der Waals surface area contributed by atoms with Gasteiger partial charge in [-0.2, -0.15) is 0 Å². The fraction of sp³-hybridized carbons (Fsp3) is 0.800. The van der Waals surface area contributed by atoms with Crippen LogP contribution in [0.5, 0.6) is 0 Å². The molecule has 1 fully saturated rings.